The van der Waals surface area contributed by atoms with Gasteiger partial charge in [-0.25, -0.2) is 0 Å². The van der Waals surface area contributed by atoms with Crippen LogP contribution in [-0.2, 0) is 9.59 Å². The van der Waals surface area contributed by atoms with Gasteiger partial charge in [-0.05, 0) is 49.1 Å². The number of amides is 2. The SMILES string of the molecule is CCSC1=C(c2ccc(C)c(C)c2)C(=O)N(C2CCCCCC2)C1=O. The van der Waals surface area contributed by atoms with E-state index >= 15 is 0 Å². The lowest BCUT2D eigenvalue weighted by molar-refractivity contribution is -0.139. The van der Waals surface area contributed by atoms with Crippen LogP contribution in [0.4, 0.5) is 0 Å². The van der Waals surface area contributed by atoms with Gasteiger partial charge in [0, 0.05) is 6.04 Å². The number of thioether (sulfide) groups is 1. The summed E-state index contributed by atoms with van der Waals surface area (Å²) in [5.74, 6) is 0.634. The van der Waals surface area contributed by atoms with Crippen molar-refractivity contribution in [2.45, 2.75) is 65.3 Å². The summed E-state index contributed by atoms with van der Waals surface area (Å²) in [6, 6.07) is 6.13. The fourth-order valence-corrected chi connectivity index (χ4v) is 4.66. The van der Waals surface area contributed by atoms with E-state index < -0.39 is 0 Å². The Morgan fingerprint density at radius 3 is 2.28 bits per heavy atom. The van der Waals surface area contributed by atoms with Gasteiger partial charge in [-0.15, -0.1) is 11.8 Å². The molecule has 3 nitrogen and oxygen atoms in total. The van der Waals surface area contributed by atoms with Gasteiger partial charge in [-0.1, -0.05) is 50.8 Å². The molecular weight excluding hydrogens is 330 g/mol. The molecule has 1 fully saturated rings. The summed E-state index contributed by atoms with van der Waals surface area (Å²) in [6.45, 7) is 6.15. The van der Waals surface area contributed by atoms with Crippen LogP contribution in [0, 0.1) is 13.8 Å². The van der Waals surface area contributed by atoms with Crippen LogP contribution in [0.2, 0.25) is 0 Å². The number of nitrogens with zero attached hydrogens (tertiary/aromatic N) is 1. The van der Waals surface area contributed by atoms with Crippen LogP contribution < -0.4 is 0 Å². The number of benzene rings is 1. The number of imide groups is 1. The van der Waals surface area contributed by atoms with E-state index in [-0.39, 0.29) is 17.9 Å². The molecule has 1 aliphatic heterocycles. The van der Waals surface area contributed by atoms with Crippen LogP contribution in [0.25, 0.3) is 5.57 Å². The van der Waals surface area contributed by atoms with Crippen LogP contribution >= 0.6 is 11.8 Å². The summed E-state index contributed by atoms with van der Waals surface area (Å²) in [5, 5.41) is 0. The van der Waals surface area contributed by atoms with Gasteiger partial charge in [0.15, 0.2) is 0 Å². The second-order valence-corrected chi connectivity index (χ2v) is 8.34. The molecule has 0 atom stereocenters. The molecule has 1 saturated carbocycles. The Kier molecular flexibility index (Phi) is 5.67. The summed E-state index contributed by atoms with van der Waals surface area (Å²) in [6.07, 6.45) is 6.53. The summed E-state index contributed by atoms with van der Waals surface area (Å²) >= 11 is 1.50. The van der Waals surface area contributed by atoms with E-state index in [4.69, 9.17) is 0 Å². The molecular formula is C21H27NO2S. The highest BCUT2D eigenvalue weighted by molar-refractivity contribution is 8.04. The third-order valence-corrected chi connectivity index (χ3v) is 6.30. The van der Waals surface area contributed by atoms with Crippen molar-refractivity contribution in [3.63, 3.8) is 0 Å². The largest absolute Gasteiger partial charge is 0.271 e. The van der Waals surface area contributed by atoms with E-state index in [0.717, 1.165) is 42.6 Å². The normalized spacial score (nSPS) is 19.7. The minimum absolute atomic E-state index is 0.0685. The highest BCUT2D eigenvalue weighted by Gasteiger charge is 2.42. The molecule has 1 aromatic carbocycles. The van der Waals surface area contributed by atoms with Crippen molar-refractivity contribution >= 4 is 29.1 Å². The lowest BCUT2D eigenvalue weighted by atomic mass is 10.00. The van der Waals surface area contributed by atoms with Gasteiger partial charge < -0.3 is 0 Å². The first-order chi connectivity index (χ1) is 12.0. The maximum Gasteiger partial charge on any atom is 0.268 e. The predicted molar refractivity (Wildman–Crippen MR) is 104 cm³/mol. The number of hydrogen-bond donors (Lipinski definition) is 0. The van der Waals surface area contributed by atoms with E-state index in [1.165, 1.54) is 30.2 Å². The first-order valence-corrected chi connectivity index (χ1v) is 10.4. The Labute approximate surface area is 154 Å². The van der Waals surface area contributed by atoms with Crippen molar-refractivity contribution in [2.75, 3.05) is 5.75 Å². The number of aryl methyl sites for hydroxylation is 2. The van der Waals surface area contributed by atoms with Crippen LogP contribution in [0.3, 0.4) is 0 Å². The van der Waals surface area contributed by atoms with Crippen LogP contribution in [0.1, 0.15) is 62.1 Å². The van der Waals surface area contributed by atoms with Gasteiger partial charge in [0.1, 0.15) is 0 Å². The second-order valence-electron chi connectivity index (χ2n) is 7.06. The van der Waals surface area contributed by atoms with Crippen LogP contribution in [0.15, 0.2) is 23.1 Å². The molecule has 0 radical (unpaired) electrons. The van der Waals surface area contributed by atoms with Crippen LogP contribution in [0.5, 0.6) is 0 Å². The van der Waals surface area contributed by atoms with Gasteiger partial charge >= 0.3 is 0 Å². The Morgan fingerprint density at radius 1 is 1.00 bits per heavy atom. The van der Waals surface area contributed by atoms with Gasteiger partial charge in [0.05, 0.1) is 10.5 Å². The first kappa shape index (κ1) is 18.2. The zero-order valence-electron chi connectivity index (χ0n) is 15.4. The zero-order chi connectivity index (χ0) is 18.0. The van der Waals surface area contributed by atoms with Crippen molar-refractivity contribution in [3.8, 4) is 0 Å². The Hall–Kier alpha value is -1.55. The second kappa shape index (κ2) is 7.77. The predicted octanol–water partition coefficient (Wildman–Crippen LogP) is 4.86. The van der Waals surface area contributed by atoms with Crippen LogP contribution in [-0.4, -0.2) is 28.5 Å². The van der Waals surface area contributed by atoms with Gasteiger partial charge in [0.2, 0.25) is 0 Å². The molecule has 1 aromatic rings. The Balaban J connectivity index is 1.99. The Bertz CT molecular complexity index is 715. The summed E-state index contributed by atoms with van der Waals surface area (Å²) in [4.78, 5) is 28.5. The third kappa shape index (κ3) is 3.55. The summed E-state index contributed by atoms with van der Waals surface area (Å²) in [5.41, 5.74) is 3.85. The Morgan fingerprint density at radius 2 is 1.68 bits per heavy atom. The van der Waals surface area contributed by atoms with Crippen molar-refractivity contribution in [1.82, 2.24) is 4.90 Å². The summed E-state index contributed by atoms with van der Waals surface area (Å²) < 4.78 is 0. The minimum Gasteiger partial charge on any atom is -0.271 e. The molecule has 0 unspecified atom stereocenters. The number of carbonyl (C=O) groups is 2. The molecule has 0 spiro atoms. The molecule has 2 aliphatic rings. The van der Waals surface area contributed by atoms with Gasteiger partial charge in [0.25, 0.3) is 11.8 Å². The average Bonchev–Trinajstić information content (AvgIpc) is 2.77. The fourth-order valence-electron chi connectivity index (χ4n) is 3.80. The topological polar surface area (TPSA) is 37.4 Å². The zero-order valence-corrected chi connectivity index (χ0v) is 16.2. The first-order valence-electron chi connectivity index (χ1n) is 9.37. The number of rotatable bonds is 4. The van der Waals surface area contributed by atoms with E-state index in [1.807, 2.05) is 25.1 Å². The third-order valence-electron chi connectivity index (χ3n) is 5.35. The quantitative estimate of drug-likeness (QED) is 0.570. The van der Waals surface area contributed by atoms with Crippen molar-refractivity contribution in [1.29, 1.82) is 0 Å². The smallest absolute Gasteiger partial charge is 0.268 e. The number of carbonyl (C=O) groups excluding carboxylic acids is 2. The highest BCUT2D eigenvalue weighted by atomic mass is 32.2. The van der Waals surface area contributed by atoms with Crippen molar-refractivity contribution in [2.24, 2.45) is 0 Å². The lowest BCUT2D eigenvalue weighted by Crippen LogP contribution is -2.40. The van der Waals surface area contributed by atoms with E-state index in [9.17, 15) is 9.59 Å². The van der Waals surface area contributed by atoms with E-state index in [1.54, 1.807) is 4.90 Å². The molecule has 0 saturated heterocycles. The molecule has 134 valence electrons. The lowest BCUT2D eigenvalue weighted by Gasteiger charge is -2.25. The number of hydrogen-bond acceptors (Lipinski definition) is 3. The average molecular weight is 358 g/mol. The van der Waals surface area contributed by atoms with E-state index in [2.05, 4.69) is 13.8 Å². The maximum atomic E-state index is 13.2. The van der Waals surface area contributed by atoms with Crippen molar-refractivity contribution in [3.05, 3.63) is 39.8 Å². The summed E-state index contributed by atoms with van der Waals surface area (Å²) in [7, 11) is 0. The molecule has 4 heteroatoms. The standard InChI is InChI=1S/C21H27NO2S/c1-4-25-19-18(16-12-11-14(2)15(3)13-16)20(23)22(21(19)24)17-9-7-5-6-8-10-17/h11-13,17H,4-10H2,1-3H3. The van der Waals surface area contributed by atoms with Crippen molar-refractivity contribution < 1.29 is 9.59 Å². The minimum atomic E-state index is -0.0869. The molecule has 2 amide bonds. The molecule has 3 rings (SSSR count). The maximum absolute atomic E-state index is 13.2. The molecule has 1 heterocycles. The molecule has 25 heavy (non-hydrogen) atoms. The molecule has 0 N–H and O–H groups in total. The van der Waals surface area contributed by atoms with Gasteiger partial charge in [-0.2, -0.15) is 0 Å². The molecule has 1 aliphatic carbocycles. The van der Waals surface area contributed by atoms with Gasteiger partial charge in [-0.3, -0.25) is 14.5 Å². The molecule has 0 bridgehead atoms. The fraction of sp³-hybridized carbons (Fsp3) is 0.524. The highest BCUT2D eigenvalue weighted by Crippen LogP contribution is 2.39. The van der Waals surface area contributed by atoms with E-state index in [0.29, 0.717) is 10.5 Å². The molecule has 0 aromatic heterocycles. The monoisotopic (exact) mass is 357 g/mol.